The van der Waals surface area contributed by atoms with Crippen LogP contribution in [0.25, 0.3) is 0 Å². The van der Waals surface area contributed by atoms with Crippen molar-refractivity contribution in [2.24, 2.45) is 0 Å². The van der Waals surface area contributed by atoms with Crippen molar-refractivity contribution in [3.8, 4) is 0 Å². The van der Waals surface area contributed by atoms with Crippen molar-refractivity contribution < 1.29 is 9.50 Å². The van der Waals surface area contributed by atoms with Crippen LogP contribution in [0, 0.1) is 8.70 Å². The highest BCUT2D eigenvalue weighted by Crippen LogP contribution is 2.28. The van der Waals surface area contributed by atoms with Crippen molar-refractivity contribution in [3.63, 3.8) is 0 Å². The minimum absolute atomic E-state index is 0.193. The largest absolute Gasteiger partial charge is 0.388 e. The van der Waals surface area contributed by atoms with Crippen molar-refractivity contribution in [1.82, 2.24) is 0 Å². The SMILES string of the molecule is OC(Cc1c(F)cccc1Cl)c1csc(I)c1. The fraction of sp³-hybridized carbons (Fsp3) is 0.167. The molecule has 1 heterocycles. The fourth-order valence-electron chi connectivity index (χ4n) is 1.54. The Bertz CT molecular complexity index is 509. The maximum absolute atomic E-state index is 13.5. The second-order valence-corrected chi connectivity index (χ2v) is 6.82. The molecule has 0 fully saturated rings. The van der Waals surface area contributed by atoms with Gasteiger partial charge in [-0.2, -0.15) is 0 Å². The van der Waals surface area contributed by atoms with Crippen molar-refractivity contribution in [3.05, 3.63) is 54.5 Å². The molecular weight excluding hydrogens is 374 g/mol. The Morgan fingerprint density at radius 2 is 2.24 bits per heavy atom. The van der Waals surface area contributed by atoms with Gasteiger partial charge in [0.2, 0.25) is 0 Å². The zero-order chi connectivity index (χ0) is 12.4. The van der Waals surface area contributed by atoms with E-state index in [2.05, 4.69) is 22.6 Å². The summed E-state index contributed by atoms with van der Waals surface area (Å²) in [6, 6.07) is 6.43. The van der Waals surface area contributed by atoms with Crippen molar-refractivity contribution >= 4 is 45.5 Å². The van der Waals surface area contributed by atoms with Crippen LogP contribution >= 0.6 is 45.5 Å². The Labute approximate surface area is 121 Å². The Hall–Kier alpha value is -0.170. The average Bonchev–Trinajstić information content (AvgIpc) is 2.70. The molecule has 1 atom stereocenters. The van der Waals surface area contributed by atoms with Gasteiger partial charge < -0.3 is 5.11 Å². The first-order valence-electron chi connectivity index (χ1n) is 4.93. The summed E-state index contributed by atoms with van der Waals surface area (Å²) < 4.78 is 14.6. The number of aliphatic hydroxyl groups excluding tert-OH is 1. The lowest BCUT2D eigenvalue weighted by Crippen LogP contribution is -2.03. The number of aliphatic hydroxyl groups is 1. The van der Waals surface area contributed by atoms with Crippen LogP contribution in [0.15, 0.2) is 29.6 Å². The number of thiophene rings is 1. The summed E-state index contributed by atoms with van der Waals surface area (Å²) in [4.78, 5) is 0. The zero-order valence-electron chi connectivity index (χ0n) is 8.66. The van der Waals surface area contributed by atoms with E-state index in [0.717, 1.165) is 8.45 Å². The molecule has 0 saturated heterocycles. The van der Waals surface area contributed by atoms with Crippen LogP contribution in [0.1, 0.15) is 17.2 Å². The average molecular weight is 383 g/mol. The predicted molar refractivity (Wildman–Crippen MR) is 77.1 cm³/mol. The molecule has 2 aromatic rings. The molecule has 1 aromatic carbocycles. The van der Waals surface area contributed by atoms with Crippen molar-refractivity contribution in [2.75, 3.05) is 0 Å². The molecule has 1 aromatic heterocycles. The summed E-state index contributed by atoms with van der Waals surface area (Å²) in [7, 11) is 0. The van der Waals surface area contributed by atoms with E-state index >= 15 is 0 Å². The van der Waals surface area contributed by atoms with Gasteiger partial charge in [-0.15, -0.1) is 11.3 Å². The quantitative estimate of drug-likeness (QED) is 0.779. The minimum atomic E-state index is -0.718. The van der Waals surface area contributed by atoms with E-state index in [1.807, 2.05) is 11.4 Å². The Kier molecular flexibility index (Phi) is 4.41. The molecular formula is C12H9ClFIOS. The van der Waals surface area contributed by atoms with Gasteiger partial charge in [0.1, 0.15) is 5.82 Å². The lowest BCUT2D eigenvalue weighted by atomic mass is 10.0. The summed E-state index contributed by atoms with van der Waals surface area (Å²) >= 11 is 9.65. The molecule has 0 aliphatic heterocycles. The third-order valence-electron chi connectivity index (χ3n) is 2.43. The molecule has 0 bridgehead atoms. The maximum Gasteiger partial charge on any atom is 0.127 e. The highest BCUT2D eigenvalue weighted by molar-refractivity contribution is 14.1. The molecule has 90 valence electrons. The lowest BCUT2D eigenvalue weighted by Gasteiger charge is -2.11. The lowest BCUT2D eigenvalue weighted by molar-refractivity contribution is 0.177. The summed E-state index contributed by atoms with van der Waals surface area (Å²) in [6.45, 7) is 0. The Morgan fingerprint density at radius 3 is 2.82 bits per heavy atom. The topological polar surface area (TPSA) is 20.2 Å². The van der Waals surface area contributed by atoms with Crippen LogP contribution in [0.5, 0.6) is 0 Å². The first-order chi connectivity index (χ1) is 8.08. The second-order valence-electron chi connectivity index (χ2n) is 3.60. The van der Waals surface area contributed by atoms with E-state index in [0.29, 0.717) is 10.6 Å². The van der Waals surface area contributed by atoms with E-state index in [4.69, 9.17) is 11.6 Å². The summed E-state index contributed by atoms with van der Waals surface area (Å²) in [6.07, 6.45) is -0.526. The van der Waals surface area contributed by atoms with Gasteiger partial charge in [-0.05, 0) is 51.7 Å². The molecule has 1 N–H and O–H groups in total. The molecule has 0 saturated carbocycles. The first-order valence-corrected chi connectivity index (χ1v) is 7.26. The highest BCUT2D eigenvalue weighted by Gasteiger charge is 2.15. The normalized spacial score (nSPS) is 12.7. The van der Waals surface area contributed by atoms with E-state index in [1.165, 1.54) is 6.07 Å². The van der Waals surface area contributed by atoms with Crippen molar-refractivity contribution in [2.45, 2.75) is 12.5 Å². The smallest absolute Gasteiger partial charge is 0.127 e. The van der Waals surface area contributed by atoms with Gasteiger partial charge >= 0.3 is 0 Å². The maximum atomic E-state index is 13.5. The Morgan fingerprint density at radius 1 is 1.47 bits per heavy atom. The van der Waals surface area contributed by atoms with Crippen LogP contribution in [0.4, 0.5) is 4.39 Å². The van der Waals surface area contributed by atoms with Crippen LogP contribution < -0.4 is 0 Å². The van der Waals surface area contributed by atoms with Gasteiger partial charge in [0, 0.05) is 17.0 Å². The first kappa shape index (κ1) is 13.3. The number of hydrogen-bond acceptors (Lipinski definition) is 2. The van der Waals surface area contributed by atoms with Gasteiger partial charge in [-0.3, -0.25) is 0 Å². The summed E-state index contributed by atoms with van der Waals surface area (Å²) in [5, 5.41) is 12.2. The minimum Gasteiger partial charge on any atom is -0.388 e. The van der Waals surface area contributed by atoms with Gasteiger partial charge in [-0.25, -0.2) is 4.39 Å². The summed E-state index contributed by atoms with van der Waals surface area (Å²) in [5.74, 6) is -0.374. The summed E-state index contributed by atoms with van der Waals surface area (Å²) in [5.41, 5.74) is 1.17. The van der Waals surface area contributed by atoms with Gasteiger partial charge in [0.05, 0.1) is 8.99 Å². The highest BCUT2D eigenvalue weighted by atomic mass is 127. The molecule has 0 aliphatic rings. The molecule has 1 nitrogen and oxygen atoms in total. The number of hydrogen-bond donors (Lipinski definition) is 1. The molecule has 1 unspecified atom stereocenters. The fourth-order valence-corrected chi connectivity index (χ4v) is 3.20. The van der Waals surface area contributed by atoms with Crippen molar-refractivity contribution in [1.29, 1.82) is 0 Å². The van der Waals surface area contributed by atoms with Gasteiger partial charge in [-0.1, -0.05) is 17.7 Å². The van der Waals surface area contributed by atoms with E-state index in [-0.39, 0.29) is 12.2 Å². The van der Waals surface area contributed by atoms with Crippen LogP contribution in [-0.2, 0) is 6.42 Å². The molecule has 0 radical (unpaired) electrons. The van der Waals surface area contributed by atoms with E-state index < -0.39 is 6.10 Å². The molecule has 0 spiro atoms. The van der Waals surface area contributed by atoms with E-state index in [1.54, 1.807) is 23.5 Å². The van der Waals surface area contributed by atoms with Crippen LogP contribution in [0.2, 0.25) is 5.02 Å². The number of halogens is 3. The molecule has 0 amide bonds. The third-order valence-corrected chi connectivity index (χ3v) is 4.59. The van der Waals surface area contributed by atoms with Crippen LogP contribution in [0.3, 0.4) is 0 Å². The third kappa shape index (κ3) is 3.19. The second kappa shape index (κ2) is 5.65. The molecule has 2 rings (SSSR count). The van der Waals surface area contributed by atoms with Gasteiger partial charge in [0.25, 0.3) is 0 Å². The molecule has 0 aliphatic carbocycles. The van der Waals surface area contributed by atoms with Crippen LogP contribution in [-0.4, -0.2) is 5.11 Å². The standard InChI is InChI=1S/C12H9ClFIOS/c13-9-2-1-3-10(14)8(9)5-11(16)7-4-12(15)17-6-7/h1-4,6,11,16H,5H2. The Balaban J connectivity index is 2.21. The number of benzene rings is 1. The molecule has 17 heavy (non-hydrogen) atoms. The monoisotopic (exact) mass is 382 g/mol. The zero-order valence-corrected chi connectivity index (χ0v) is 12.4. The predicted octanol–water partition coefficient (Wildman–Crippen LogP) is 4.42. The molecule has 5 heteroatoms. The number of rotatable bonds is 3. The van der Waals surface area contributed by atoms with Gasteiger partial charge in [0.15, 0.2) is 0 Å². The van der Waals surface area contributed by atoms with E-state index in [9.17, 15) is 9.50 Å².